The highest BCUT2D eigenvalue weighted by Crippen LogP contribution is 2.44. The van der Waals surface area contributed by atoms with Gasteiger partial charge in [-0.3, -0.25) is 14.8 Å². The molecule has 0 aliphatic heterocycles. The lowest BCUT2D eigenvalue weighted by Gasteiger charge is -2.14. The number of fused-ring (bicyclic) bond motifs is 3. The van der Waals surface area contributed by atoms with Gasteiger partial charge in [0.1, 0.15) is 12.2 Å². The number of rotatable bonds is 7. The van der Waals surface area contributed by atoms with Gasteiger partial charge in [-0.15, -0.1) is 0 Å². The first-order valence-electron chi connectivity index (χ1n) is 10.2. The Morgan fingerprint density at radius 1 is 1.09 bits per heavy atom. The minimum atomic E-state index is -1.75. The Morgan fingerprint density at radius 3 is 2.30 bits per heavy atom. The minimum Gasteiger partial charge on any atom is -0.479 e. The highest BCUT2D eigenvalue weighted by molar-refractivity contribution is 6.01. The topological polar surface area (TPSA) is 143 Å². The van der Waals surface area contributed by atoms with Crippen LogP contribution in [0.2, 0.25) is 0 Å². The van der Waals surface area contributed by atoms with Crippen molar-refractivity contribution in [2.75, 3.05) is 18.5 Å². The van der Waals surface area contributed by atoms with Gasteiger partial charge in [0.25, 0.3) is 5.91 Å². The van der Waals surface area contributed by atoms with E-state index in [2.05, 4.69) is 15.7 Å². The van der Waals surface area contributed by atoms with Gasteiger partial charge in [0, 0.05) is 19.2 Å². The number of nitrogens with zero attached hydrogens (tertiary/aromatic N) is 2. The fourth-order valence-corrected chi connectivity index (χ4v) is 3.85. The summed E-state index contributed by atoms with van der Waals surface area (Å²) in [6.07, 6.45) is -1.17. The normalized spacial score (nSPS) is 13.0. The number of hydrogen-bond donors (Lipinski definition) is 4. The largest absolute Gasteiger partial charge is 0.479 e. The first kappa shape index (κ1) is 22.0. The maximum atomic E-state index is 12.5. The molecule has 0 fully saturated rings. The summed E-state index contributed by atoms with van der Waals surface area (Å²) in [7, 11) is 1.56. The van der Waals surface area contributed by atoms with Crippen molar-refractivity contribution >= 4 is 23.8 Å². The lowest BCUT2D eigenvalue weighted by molar-refractivity contribution is -0.146. The quantitative estimate of drug-likeness (QED) is 0.431. The third kappa shape index (κ3) is 4.55. The molecule has 0 bridgehead atoms. The fraction of sp³-hybridized carbons (Fsp3) is 0.217. The summed E-state index contributed by atoms with van der Waals surface area (Å²) in [5, 5.41) is 26.9. The van der Waals surface area contributed by atoms with E-state index >= 15 is 0 Å². The van der Waals surface area contributed by atoms with Crippen molar-refractivity contribution in [3.05, 3.63) is 71.4 Å². The molecule has 0 saturated carbocycles. The number of benzene rings is 2. The van der Waals surface area contributed by atoms with E-state index in [-0.39, 0.29) is 23.9 Å². The second-order valence-corrected chi connectivity index (χ2v) is 7.58. The summed E-state index contributed by atoms with van der Waals surface area (Å²) >= 11 is 0. The number of anilines is 1. The smallest absolute Gasteiger partial charge is 0.412 e. The summed E-state index contributed by atoms with van der Waals surface area (Å²) in [6, 6.07) is 15.9. The van der Waals surface area contributed by atoms with Crippen LogP contribution < -0.4 is 10.6 Å². The molecule has 0 spiro atoms. The first-order chi connectivity index (χ1) is 15.8. The number of carbonyl (C=O) groups is 3. The van der Waals surface area contributed by atoms with Crippen LogP contribution in [0.4, 0.5) is 10.6 Å². The van der Waals surface area contributed by atoms with Crippen molar-refractivity contribution in [3.8, 4) is 11.1 Å². The van der Waals surface area contributed by atoms with Crippen molar-refractivity contribution in [1.29, 1.82) is 0 Å². The molecule has 1 aliphatic rings. The number of carboxylic acid groups (broad SMARTS) is 1. The predicted octanol–water partition coefficient (Wildman–Crippen LogP) is 1.96. The van der Waals surface area contributed by atoms with Crippen LogP contribution in [0.3, 0.4) is 0 Å². The maximum Gasteiger partial charge on any atom is 0.412 e. The SMILES string of the molecule is Cn1cc(C(=O)NC[C@H](O)C(=O)O)c(NC(=O)OCC2c3ccccc3-c3ccccc32)n1. The van der Waals surface area contributed by atoms with Crippen molar-refractivity contribution in [2.24, 2.45) is 7.05 Å². The average molecular weight is 450 g/mol. The minimum absolute atomic E-state index is 0.00333. The highest BCUT2D eigenvalue weighted by Gasteiger charge is 2.29. The zero-order valence-corrected chi connectivity index (χ0v) is 17.7. The summed E-state index contributed by atoms with van der Waals surface area (Å²) in [6.45, 7) is -0.396. The van der Waals surface area contributed by atoms with Crippen LogP contribution in [-0.2, 0) is 16.6 Å². The fourth-order valence-electron chi connectivity index (χ4n) is 3.85. The van der Waals surface area contributed by atoms with E-state index in [1.54, 1.807) is 7.05 Å². The van der Waals surface area contributed by atoms with Gasteiger partial charge in [-0.05, 0) is 22.3 Å². The number of hydrogen-bond acceptors (Lipinski definition) is 6. The van der Waals surface area contributed by atoms with Gasteiger partial charge in [0.15, 0.2) is 11.9 Å². The van der Waals surface area contributed by atoms with Gasteiger partial charge in [0.2, 0.25) is 0 Å². The molecule has 10 nitrogen and oxygen atoms in total. The molecule has 0 radical (unpaired) electrons. The number of amides is 2. The van der Waals surface area contributed by atoms with Crippen LogP contribution in [0.5, 0.6) is 0 Å². The molecular formula is C23H22N4O6. The van der Waals surface area contributed by atoms with Gasteiger partial charge in [0.05, 0.1) is 6.54 Å². The zero-order valence-electron chi connectivity index (χ0n) is 17.7. The van der Waals surface area contributed by atoms with E-state index in [9.17, 15) is 19.5 Å². The summed E-state index contributed by atoms with van der Waals surface area (Å²) in [5.41, 5.74) is 4.36. The number of aliphatic hydroxyl groups is 1. The van der Waals surface area contributed by atoms with Crippen LogP contribution in [0.25, 0.3) is 11.1 Å². The van der Waals surface area contributed by atoms with Gasteiger partial charge in [-0.2, -0.15) is 5.10 Å². The molecular weight excluding hydrogens is 428 g/mol. The van der Waals surface area contributed by atoms with E-state index in [4.69, 9.17) is 9.84 Å². The number of aromatic nitrogens is 2. The lowest BCUT2D eigenvalue weighted by Crippen LogP contribution is -2.36. The van der Waals surface area contributed by atoms with Gasteiger partial charge in [-0.25, -0.2) is 9.59 Å². The second kappa shape index (κ2) is 9.13. The number of nitrogens with one attached hydrogen (secondary N) is 2. The molecule has 1 heterocycles. The number of carbonyl (C=O) groups excluding carboxylic acids is 2. The average Bonchev–Trinajstić information content (AvgIpc) is 3.33. The Kier molecular flexibility index (Phi) is 6.09. The molecule has 1 aromatic heterocycles. The molecule has 0 unspecified atom stereocenters. The molecule has 10 heteroatoms. The van der Waals surface area contributed by atoms with Crippen LogP contribution in [0, 0.1) is 0 Å². The van der Waals surface area contributed by atoms with Crippen molar-refractivity contribution in [2.45, 2.75) is 12.0 Å². The molecule has 1 aliphatic carbocycles. The third-order valence-corrected chi connectivity index (χ3v) is 5.38. The maximum absolute atomic E-state index is 12.5. The summed E-state index contributed by atoms with van der Waals surface area (Å²) in [4.78, 5) is 35.6. The standard InChI is InChI=1S/C23H22N4O6/c1-27-11-17(21(29)24-10-19(28)22(30)31)20(26-27)25-23(32)33-12-18-15-8-4-2-6-13(15)14-7-3-5-9-16(14)18/h2-9,11,18-19,28H,10,12H2,1H3,(H,24,29)(H,30,31)(H,25,26,32)/t19-/m0/s1. The lowest BCUT2D eigenvalue weighted by atomic mass is 9.98. The second-order valence-electron chi connectivity index (χ2n) is 7.58. The number of aryl methyl sites for hydroxylation is 1. The van der Waals surface area contributed by atoms with Gasteiger partial charge >= 0.3 is 12.1 Å². The van der Waals surface area contributed by atoms with E-state index < -0.39 is 30.6 Å². The summed E-state index contributed by atoms with van der Waals surface area (Å²) in [5.74, 6) is -2.32. The predicted molar refractivity (Wildman–Crippen MR) is 118 cm³/mol. The van der Waals surface area contributed by atoms with Crippen molar-refractivity contribution in [3.63, 3.8) is 0 Å². The molecule has 3 aromatic rings. The number of aliphatic carboxylic acids is 1. The number of aliphatic hydroxyl groups excluding tert-OH is 1. The van der Waals surface area contributed by atoms with Crippen LogP contribution in [-0.4, -0.2) is 57.2 Å². The summed E-state index contributed by atoms with van der Waals surface area (Å²) < 4.78 is 6.79. The molecule has 0 saturated heterocycles. The Bertz CT molecular complexity index is 1180. The van der Waals surface area contributed by atoms with Gasteiger partial charge in [-0.1, -0.05) is 48.5 Å². The molecule has 33 heavy (non-hydrogen) atoms. The first-order valence-corrected chi connectivity index (χ1v) is 10.2. The Morgan fingerprint density at radius 2 is 1.70 bits per heavy atom. The van der Waals surface area contributed by atoms with E-state index in [0.29, 0.717) is 0 Å². The Hall–Kier alpha value is -4.18. The number of ether oxygens (including phenoxy) is 1. The third-order valence-electron chi connectivity index (χ3n) is 5.38. The van der Waals surface area contributed by atoms with E-state index in [1.165, 1.54) is 10.9 Å². The molecule has 1 atom stereocenters. The van der Waals surface area contributed by atoms with Crippen molar-refractivity contribution < 1.29 is 29.3 Å². The van der Waals surface area contributed by atoms with Gasteiger partial charge < -0.3 is 20.3 Å². The Balaban J connectivity index is 1.42. The van der Waals surface area contributed by atoms with Crippen LogP contribution in [0.15, 0.2) is 54.7 Å². The molecule has 170 valence electrons. The Labute approximate surface area is 188 Å². The van der Waals surface area contributed by atoms with Crippen LogP contribution >= 0.6 is 0 Å². The molecule has 2 amide bonds. The van der Waals surface area contributed by atoms with Crippen LogP contribution in [0.1, 0.15) is 27.4 Å². The zero-order chi connectivity index (χ0) is 23.5. The van der Waals surface area contributed by atoms with Crippen molar-refractivity contribution in [1.82, 2.24) is 15.1 Å². The highest BCUT2D eigenvalue weighted by atomic mass is 16.5. The number of carboxylic acids is 1. The molecule has 4 N–H and O–H groups in total. The molecule has 4 rings (SSSR count). The van der Waals surface area contributed by atoms with E-state index in [0.717, 1.165) is 22.3 Å². The van der Waals surface area contributed by atoms with E-state index in [1.807, 2.05) is 48.5 Å². The molecule has 2 aromatic carbocycles. The monoisotopic (exact) mass is 450 g/mol.